The van der Waals surface area contributed by atoms with Gasteiger partial charge in [-0.1, -0.05) is 61.0 Å². The van der Waals surface area contributed by atoms with Gasteiger partial charge in [0.15, 0.2) is 0 Å². The van der Waals surface area contributed by atoms with Crippen molar-refractivity contribution in [1.29, 1.82) is 0 Å². The van der Waals surface area contributed by atoms with E-state index in [0.717, 1.165) is 16.7 Å². The zero-order valence-corrected chi connectivity index (χ0v) is 31.8. The van der Waals surface area contributed by atoms with Gasteiger partial charge in [-0.2, -0.15) is 11.8 Å². The fourth-order valence-electron chi connectivity index (χ4n) is 5.25. The first kappa shape index (κ1) is 40.6. The summed E-state index contributed by atoms with van der Waals surface area (Å²) in [7, 11) is 0. The molecule has 0 aliphatic carbocycles. The topological polar surface area (TPSA) is 114 Å². The van der Waals surface area contributed by atoms with Crippen molar-refractivity contribution in [2.45, 2.75) is 130 Å². The largest absolute Gasteiger partial charge is 0.458 e. The first-order chi connectivity index (χ1) is 22.2. The molecule has 0 spiro atoms. The van der Waals surface area contributed by atoms with Crippen LogP contribution in [0.1, 0.15) is 103 Å². The van der Waals surface area contributed by atoms with E-state index < -0.39 is 58.7 Å². The van der Waals surface area contributed by atoms with E-state index in [-0.39, 0.29) is 6.42 Å². The molecule has 9 nitrogen and oxygen atoms in total. The predicted octanol–water partition coefficient (Wildman–Crippen LogP) is 7.08. The first-order valence-electron chi connectivity index (χ1n) is 16.6. The Morgan fingerprint density at radius 2 is 1.44 bits per heavy atom. The molecule has 0 saturated carbocycles. The molecular formula is C38H57N3O6S. The summed E-state index contributed by atoms with van der Waals surface area (Å²) in [6.07, 6.45) is 2.25. The average Bonchev–Trinajstić information content (AvgIpc) is 2.96. The summed E-state index contributed by atoms with van der Waals surface area (Å²) >= 11 is 1.55. The van der Waals surface area contributed by atoms with Crippen molar-refractivity contribution in [2.24, 2.45) is 0 Å². The fraction of sp³-hybridized carbons (Fsp3) is 0.579. The number of nitrogens with one attached hydrogen (secondary N) is 2. The van der Waals surface area contributed by atoms with Crippen molar-refractivity contribution in [1.82, 2.24) is 15.5 Å². The molecule has 0 bridgehead atoms. The van der Waals surface area contributed by atoms with E-state index in [2.05, 4.69) is 10.6 Å². The number of rotatable bonds is 14. The lowest BCUT2D eigenvalue weighted by Crippen LogP contribution is -2.60. The molecule has 2 rings (SSSR count). The van der Waals surface area contributed by atoms with Gasteiger partial charge in [0, 0.05) is 12.0 Å². The normalized spacial score (nSPS) is 13.9. The Morgan fingerprint density at radius 1 is 0.833 bits per heavy atom. The number of carbonyl (C=O) groups is 4. The van der Waals surface area contributed by atoms with Crippen LogP contribution in [-0.4, -0.2) is 69.6 Å². The number of hydrogen-bond donors (Lipinski definition) is 2. The Bertz CT molecular complexity index is 1400. The van der Waals surface area contributed by atoms with Gasteiger partial charge in [-0.05, 0) is 111 Å². The van der Waals surface area contributed by atoms with Crippen molar-refractivity contribution in [3.8, 4) is 0 Å². The van der Waals surface area contributed by atoms with Gasteiger partial charge in [-0.3, -0.25) is 9.59 Å². The Labute approximate surface area is 292 Å². The number of esters is 1. The lowest BCUT2D eigenvalue weighted by Gasteiger charge is -2.45. The maximum atomic E-state index is 14.8. The number of nitrogens with zero attached hydrogens (tertiary/aromatic N) is 1. The number of carbonyl (C=O) groups excluding carboxylic acids is 4. The quantitative estimate of drug-likeness (QED) is 0.205. The summed E-state index contributed by atoms with van der Waals surface area (Å²) in [6.45, 7) is 20.2. The van der Waals surface area contributed by atoms with Gasteiger partial charge in [-0.15, -0.1) is 0 Å². The van der Waals surface area contributed by atoms with E-state index >= 15 is 0 Å². The number of thioether (sulfide) groups is 1. The van der Waals surface area contributed by atoms with Crippen LogP contribution >= 0.6 is 11.8 Å². The molecule has 3 atom stereocenters. The second kappa shape index (κ2) is 17.2. The van der Waals surface area contributed by atoms with Crippen LogP contribution < -0.4 is 10.6 Å². The molecular weight excluding hydrogens is 627 g/mol. The highest BCUT2D eigenvalue weighted by molar-refractivity contribution is 7.98. The van der Waals surface area contributed by atoms with E-state index in [1.165, 1.54) is 0 Å². The molecule has 0 aliphatic rings. The molecule has 48 heavy (non-hydrogen) atoms. The first-order valence-corrected chi connectivity index (χ1v) is 18.0. The van der Waals surface area contributed by atoms with Gasteiger partial charge in [-0.25, -0.2) is 9.59 Å². The van der Waals surface area contributed by atoms with Crippen LogP contribution in [-0.2, 0) is 30.3 Å². The van der Waals surface area contributed by atoms with E-state index in [1.807, 2.05) is 89.4 Å². The van der Waals surface area contributed by atoms with Gasteiger partial charge in [0.1, 0.15) is 29.3 Å². The van der Waals surface area contributed by atoms with Crippen molar-refractivity contribution < 1.29 is 28.7 Å². The molecule has 2 aromatic carbocycles. The van der Waals surface area contributed by atoms with Gasteiger partial charge >= 0.3 is 12.1 Å². The van der Waals surface area contributed by atoms with Crippen LogP contribution in [0.15, 0.2) is 48.5 Å². The van der Waals surface area contributed by atoms with Crippen LogP contribution in [0.2, 0.25) is 0 Å². The number of aryl methyl sites for hydroxylation is 2. The average molecular weight is 684 g/mol. The molecule has 3 unspecified atom stereocenters. The fourth-order valence-corrected chi connectivity index (χ4v) is 5.72. The summed E-state index contributed by atoms with van der Waals surface area (Å²) in [4.78, 5) is 57.8. The summed E-state index contributed by atoms with van der Waals surface area (Å²) in [5, 5.41) is 5.79. The van der Waals surface area contributed by atoms with E-state index in [4.69, 9.17) is 9.47 Å². The third-order valence-corrected chi connectivity index (χ3v) is 8.52. The minimum absolute atomic E-state index is 0.197. The highest BCUT2D eigenvalue weighted by Gasteiger charge is 2.44. The zero-order chi connectivity index (χ0) is 36.4. The second-order valence-electron chi connectivity index (χ2n) is 14.9. The number of hydrogen-bond acceptors (Lipinski definition) is 7. The molecule has 0 radical (unpaired) electrons. The van der Waals surface area contributed by atoms with Gasteiger partial charge in [0.2, 0.25) is 11.8 Å². The molecule has 10 heteroatoms. The molecule has 0 fully saturated rings. The summed E-state index contributed by atoms with van der Waals surface area (Å²) < 4.78 is 11.3. The molecule has 0 aromatic heterocycles. The molecule has 0 aliphatic heterocycles. The van der Waals surface area contributed by atoms with Crippen LogP contribution in [0.5, 0.6) is 0 Å². The molecule has 0 saturated heterocycles. The van der Waals surface area contributed by atoms with E-state index in [1.54, 1.807) is 58.2 Å². The molecule has 2 aromatic rings. The number of alkyl carbamates (subject to hydrolysis) is 1. The zero-order valence-electron chi connectivity index (χ0n) is 31.0. The standard InChI is InChI=1S/C38H57N3O6S/c1-13-38(10,11)41(33(43)29(21-22-48-12)40-35(45)47-37(7,8)9)31(28-20-19-25(2)23-26(28)3)32(42)39-30(34(44)46-36(4,5)6)24-27-17-15-14-16-18-27/h14-20,23,29-31H,13,21-22,24H2,1-12H3,(H,39,42)(H,40,45). The summed E-state index contributed by atoms with van der Waals surface area (Å²) in [6, 6.07) is 12.0. The summed E-state index contributed by atoms with van der Waals surface area (Å²) in [5.74, 6) is -0.926. The maximum Gasteiger partial charge on any atom is 0.408 e. The smallest absolute Gasteiger partial charge is 0.408 e. The van der Waals surface area contributed by atoms with Crippen molar-refractivity contribution in [3.05, 3.63) is 70.8 Å². The minimum atomic E-state index is -1.13. The van der Waals surface area contributed by atoms with E-state index in [0.29, 0.717) is 24.2 Å². The van der Waals surface area contributed by atoms with E-state index in [9.17, 15) is 19.2 Å². The molecule has 3 amide bonds. The summed E-state index contributed by atoms with van der Waals surface area (Å²) in [5.41, 5.74) is 0.892. The Balaban J connectivity index is 2.74. The Morgan fingerprint density at radius 3 is 1.96 bits per heavy atom. The van der Waals surface area contributed by atoms with Crippen molar-refractivity contribution in [3.63, 3.8) is 0 Å². The molecule has 2 N–H and O–H groups in total. The molecule has 266 valence electrons. The van der Waals surface area contributed by atoms with Crippen molar-refractivity contribution in [2.75, 3.05) is 12.0 Å². The molecule has 0 heterocycles. The number of ether oxygens (including phenoxy) is 2. The van der Waals surface area contributed by atoms with Crippen molar-refractivity contribution >= 4 is 35.6 Å². The predicted molar refractivity (Wildman–Crippen MR) is 194 cm³/mol. The lowest BCUT2D eigenvalue weighted by molar-refractivity contribution is -0.159. The number of benzene rings is 2. The highest BCUT2D eigenvalue weighted by atomic mass is 32.2. The van der Waals surface area contributed by atoms with Crippen LogP contribution in [0, 0.1) is 13.8 Å². The van der Waals surface area contributed by atoms with Gasteiger partial charge < -0.3 is 25.0 Å². The minimum Gasteiger partial charge on any atom is -0.458 e. The third-order valence-electron chi connectivity index (χ3n) is 7.87. The van der Waals surface area contributed by atoms with Crippen LogP contribution in [0.3, 0.4) is 0 Å². The highest BCUT2D eigenvalue weighted by Crippen LogP contribution is 2.34. The van der Waals surface area contributed by atoms with Crippen LogP contribution in [0.25, 0.3) is 0 Å². The Kier molecular flexibility index (Phi) is 14.6. The van der Waals surface area contributed by atoms with Gasteiger partial charge in [0.05, 0.1) is 0 Å². The lowest BCUT2D eigenvalue weighted by atomic mass is 9.89. The number of amides is 3. The maximum absolute atomic E-state index is 14.8. The SMILES string of the molecule is CCC(C)(C)N(C(=O)C(CCSC)NC(=O)OC(C)(C)C)C(C(=O)NC(Cc1ccccc1)C(=O)OC(C)(C)C)c1ccc(C)cc1C. The Hall–Kier alpha value is -3.53. The second-order valence-corrected chi connectivity index (χ2v) is 15.9. The third kappa shape index (κ3) is 12.5. The monoisotopic (exact) mass is 683 g/mol. The van der Waals surface area contributed by atoms with Crippen LogP contribution in [0.4, 0.5) is 4.79 Å². The van der Waals surface area contributed by atoms with Gasteiger partial charge in [0.25, 0.3) is 0 Å².